The predicted octanol–water partition coefficient (Wildman–Crippen LogP) is 3.38. The topological polar surface area (TPSA) is 68.3 Å². The van der Waals surface area contributed by atoms with E-state index in [2.05, 4.69) is 16.9 Å². The molecule has 25 heavy (non-hydrogen) atoms. The third kappa shape index (κ3) is 4.31. The van der Waals surface area contributed by atoms with Gasteiger partial charge in [-0.05, 0) is 43.7 Å². The molecular weight excluding hydrogens is 382 g/mol. The molecular formula is C16H20ClN3O3S2. The van der Waals surface area contributed by atoms with Crippen LogP contribution in [0.4, 0.5) is 0 Å². The summed E-state index contributed by atoms with van der Waals surface area (Å²) >= 11 is 11.5. The van der Waals surface area contributed by atoms with Crippen LogP contribution < -0.4 is 0 Å². The second-order valence-corrected chi connectivity index (χ2v) is 9.15. The zero-order chi connectivity index (χ0) is 18.0. The molecule has 0 aliphatic carbocycles. The molecule has 3 rings (SSSR count). The highest BCUT2D eigenvalue weighted by molar-refractivity contribution is 7.91. The van der Waals surface area contributed by atoms with Crippen LogP contribution in [-0.2, 0) is 16.5 Å². The summed E-state index contributed by atoms with van der Waals surface area (Å²) in [5, 5.41) is 4.98. The van der Waals surface area contributed by atoms with E-state index in [1.807, 2.05) is 18.2 Å². The van der Waals surface area contributed by atoms with E-state index in [1.165, 1.54) is 0 Å². The molecule has 9 heteroatoms. The van der Waals surface area contributed by atoms with Crippen molar-refractivity contribution in [2.24, 2.45) is 0 Å². The molecule has 1 atom stereocenters. The third-order valence-electron chi connectivity index (χ3n) is 4.26. The molecule has 1 aliphatic rings. The van der Waals surface area contributed by atoms with E-state index in [9.17, 15) is 8.42 Å². The SMILES string of the molecule is CCCN(Cn1nc(-c2ccccc2Cl)oc1=S)[C@H]1CCS(=O)(=O)C1. The van der Waals surface area contributed by atoms with E-state index in [-0.39, 0.29) is 22.4 Å². The van der Waals surface area contributed by atoms with Gasteiger partial charge in [-0.3, -0.25) is 4.90 Å². The van der Waals surface area contributed by atoms with Crippen LogP contribution in [0.15, 0.2) is 28.7 Å². The summed E-state index contributed by atoms with van der Waals surface area (Å²) < 4.78 is 30.8. The number of sulfone groups is 1. The van der Waals surface area contributed by atoms with Crippen molar-refractivity contribution in [1.82, 2.24) is 14.7 Å². The Kier molecular flexibility index (Phi) is 5.62. The first-order valence-electron chi connectivity index (χ1n) is 8.17. The predicted molar refractivity (Wildman–Crippen MR) is 99.8 cm³/mol. The molecule has 136 valence electrons. The van der Waals surface area contributed by atoms with Crippen molar-refractivity contribution >= 4 is 33.7 Å². The highest BCUT2D eigenvalue weighted by atomic mass is 35.5. The van der Waals surface area contributed by atoms with Crippen LogP contribution in [0.3, 0.4) is 0 Å². The van der Waals surface area contributed by atoms with E-state index < -0.39 is 9.84 Å². The van der Waals surface area contributed by atoms with Crippen molar-refractivity contribution in [1.29, 1.82) is 0 Å². The number of aromatic nitrogens is 2. The van der Waals surface area contributed by atoms with Crippen molar-refractivity contribution in [2.75, 3.05) is 18.1 Å². The van der Waals surface area contributed by atoms with Crippen LogP contribution in [0.2, 0.25) is 5.02 Å². The molecule has 1 saturated heterocycles. The minimum absolute atomic E-state index is 0.00712. The first-order chi connectivity index (χ1) is 11.9. The summed E-state index contributed by atoms with van der Waals surface area (Å²) in [4.78, 5) is 2.36. The number of rotatable bonds is 6. The van der Waals surface area contributed by atoms with Gasteiger partial charge in [0.2, 0.25) is 5.89 Å². The maximum absolute atomic E-state index is 11.8. The lowest BCUT2D eigenvalue weighted by molar-refractivity contribution is 0.153. The Morgan fingerprint density at radius 2 is 2.20 bits per heavy atom. The minimum atomic E-state index is -2.94. The largest absolute Gasteiger partial charge is 0.409 e. The fourth-order valence-electron chi connectivity index (χ4n) is 3.03. The van der Waals surface area contributed by atoms with Crippen molar-refractivity contribution in [3.63, 3.8) is 0 Å². The Balaban J connectivity index is 1.84. The van der Waals surface area contributed by atoms with Gasteiger partial charge in [-0.2, -0.15) is 0 Å². The summed E-state index contributed by atoms with van der Waals surface area (Å²) in [5.74, 6) is 0.800. The van der Waals surface area contributed by atoms with Crippen molar-refractivity contribution in [2.45, 2.75) is 32.5 Å². The number of hydrogen-bond donors (Lipinski definition) is 0. The second kappa shape index (κ2) is 7.57. The summed E-state index contributed by atoms with van der Waals surface area (Å²) in [6.07, 6.45) is 1.56. The molecule has 0 N–H and O–H groups in total. The van der Waals surface area contributed by atoms with Gasteiger partial charge in [-0.25, -0.2) is 13.1 Å². The van der Waals surface area contributed by atoms with Crippen LogP contribution >= 0.6 is 23.8 Å². The number of nitrogens with zero attached hydrogens (tertiary/aromatic N) is 3. The molecule has 1 aromatic carbocycles. The van der Waals surface area contributed by atoms with Crippen LogP contribution in [0, 0.1) is 4.84 Å². The fraction of sp³-hybridized carbons (Fsp3) is 0.500. The van der Waals surface area contributed by atoms with Crippen LogP contribution in [0.25, 0.3) is 11.5 Å². The van der Waals surface area contributed by atoms with Gasteiger partial charge in [0.25, 0.3) is 4.84 Å². The molecule has 0 radical (unpaired) electrons. The van der Waals surface area contributed by atoms with Crippen molar-refractivity contribution < 1.29 is 12.8 Å². The Morgan fingerprint density at radius 3 is 2.84 bits per heavy atom. The van der Waals surface area contributed by atoms with E-state index >= 15 is 0 Å². The van der Waals surface area contributed by atoms with E-state index in [4.69, 9.17) is 28.2 Å². The summed E-state index contributed by atoms with van der Waals surface area (Å²) in [6, 6.07) is 7.27. The monoisotopic (exact) mass is 401 g/mol. The first-order valence-corrected chi connectivity index (χ1v) is 10.8. The molecule has 1 aliphatic heterocycles. The van der Waals surface area contributed by atoms with Crippen LogP contribution in [0.1, 0.15) is 19.8 Å². The van der Waals surface area contributed by atoms with Crippen molar-refractivity contribution in [3.8, 4) is 11.5 Å². The molecule has 1 aromatic heterocycles. The minimum Gasteiger partial charge on any atom is -0.409 e. The normalized spacial score (nSPS) is 19.6. The fourth-order valence-corrected chi connectivity index (χ4v) is 5.19. The van der Waals surface area contributed by atoms with Gasteiger partial charge in [0.05, 0.1) is 28.8 Å². The molecule has 2 heterocycles. The van der Waals surface area contributed by atoms with Gasteiger partial charge in [-0.1, -0.05) is 30.7 Å². The van der Waals surface area contributed by atoms with Gasteiger partial charge in [0.15, 0.2) is 9.84 Å². The number of benzene rings is 1. The van der Waals surface area contributed by atoms with E-state index in [1.54, 1.807) is 10.7 Å². The molecule has 0 bridgehead atoms. The lowest BCUT2D eigenvalue weighted by Crippen LogP contribution is -2.38. The van der Waals surface area contributed by atoms with Gasteiger partial charge in [0, 0.05) is 6.04 Å². The molecule has 0 amide bonds. The van der Waals surface area contributed by atoms with Crippen molar-refractivity contribution in [3.05, 3.63) is 34.1 Å². The van der Waals surface area contributed by atoms with Gasteiger partial charge in [-0.15, -0.1) is 5.10 Å². The van der Waals surface area contributed by atoms with E-state index in [0.29, 0.717) is 29.6 Å². The summed E-state index contributed by atoms with van der Waals surface area (Å²) in [6.45, 7) is 3.24. The quantitative estimate of drug-likeness (QED) is 0.691. The highest BCUT2D eigenvalue weighted by Gasteiger charge is 2.32. The maximum Gasteiger partial charge on any atom is 0.288 e. The Morgan fingerprint density at radius 1 is 1.44 bits per heavy atom. The summed E-state index contributed by atoms with van der Waals surface area (Å²) in [7, 11) is -2.94. The highest BCUT2D eigenvalue weighted by Crippen LogP contribution is 2.26. The second-order valence-electron chi connectivity index (χ2n) is 6.16. The lowest BCUT2D eigenvalue weighted by Gasteiger charge is -2.26. The lowest BCUT2D eigenvalue weighted by atomic mass is 10.2. The molecule has 2 aromatic rings. The molecule has 0 spiro atoms. The average molecular weight is 402 g/mol. The molecule has 6 nitrogen and oxygen atoms in total. The Hall–Kier alpha value is -1.22. The van der Waals surface area contributed by atoms with Gasteiger partial charge in [0.1, 0.15) is 0 Å². The molecule has 0 saturated carbocycles. The number of hydrogen-bond acceptors (Lipinski definition) is 6. The Bertz CT molecular complexity index is 907. The smallest absolute Gasteiger partial charge is 0.288 e. The average Bonchev–Trinajstić information content (AvgIpc) is 3.10. The third-order valence-corrected chi connectivity index (χ3v) is 6.64. The molecule has 1 fully saturated rings. The van der Waals surface area contributed by atoms with E-state index in [0.717, 1.165) is 13.0 Å². The first kappa shape index (κ1) is 18.6. The van der Waals surface area contributed by atoms with Crippen LogP contribution in [0.5, 0.6) is 0 Å². The molecule has 0 unspecified atom stereocenters. The van der Waals surface area contributed by atoms with Crippen LogP contribution in [-0.4, -0.2) is 47.2 Å². The number of halogens is 1. The maximum atomic E-state index is 11.8. The Labute approximate surface area is 157 Å². The zero-order valence-electron chi connectivity index (χ0n) is 13.9. The van der Waals surface area contributed by atoms with Gasteiger partial charge < -0.3 is 4.42 Å². The standard InChI is InChI=1S/C16H20ClN3O3S2/c1-2-8-19(12-7-9-25(21,22)10-12)11-20-16(24)23-15(18-20)13-5-3-4-6-14(13)17/h3-6,12H,2,7-11H2,1H3/t12-/m0/s1. The zero-order valence-corrected chi connectivity index (χ0v) is 16.3. The summed E-state index contributed by atoms with van der Waals surface area (Å²) in [5.41, 5.74) is 0.680. The van der Waals surface area contributed by atoms with Gasteiger partial charge >= 0.3 is 0 Å².